The lowest BCUT2D eigenvalue weighted by Crippen LogP contribution is -2.53. The molecule has 0 fully saturated rings. The lowest BCUT2D eigenvalue weighted by atomic mass is 9.95. The van der Waals surface area contributed by atoms with Crippen LogP contribution in [0, 0.1) is 13.8 Å². The lowest BCUT2D eigenvalue weighted by molar-refractivity contribution is -0.149. The van der Waals surface area contributed by atoms with Crippen molar-refractivity contribution in [2.45, 2.75) is 84.7 Å². The molecule has 0 spiro atoms. The van der Waals surface area contributed by atoms with Crippen molar-refractivity contribution in [2.24, 2.45) is 0 Å². The van der Waals surface area contributed by atoms with Crippen molar-refractivity contribution in [1.82, 2.24) is 20.2 Å². The number of rotatable bonds is 13. The normalized spacial score (nSPS) is 12.6. The third kappa shape index (κ3) is 10.4. The molecule has 0 aliphatic carbocycles. The summed E-state index contributed by atoms with van der Waals surface area (Å²) in [6, 6.07) is 11.1. The Morgan fingerprint density at radius 1 is 1.02 bits per heavy atom. The molecule has 0 aliphatic rings. The third-order valence-electron chi connectivity index (χ3n) is 6.79. The minimum absolute atomic E-state index is 0.0541. The van der Waals surface area contributed by atoms with Crippen LogP contribution in [0.2, 0.25) is 0 Å². The average molecular weight is 594 g/mol. The number of alkyl carbamates (subject to hydrolysis) is 1. The predicted molar refractivity (Wildman–Crippen MR) is 163 cm³/mol. The Labute approximate surface area is 253 Å². The number of anilines is 1. The summed E-state index contributed by atoms with van der Waals surface area (Å²) in [7, 11) is 1.59. The molecule has 3 rings (SSSR count). The van der Waals surface area contributed by atoms with Gasteiger partial charge in [0.2, 0.25) is 5.91 Å². The van der Waals surface area contributed by atoms with Crippen LogP contribution in [0.5, 0.6) is 5.75 Å². The summed E-state index contributed by atoms with van der Waals surface area (Å²) in [6.07, 6.45) is 3.53. The first-order chi connectivity index (χ1) is 20.4. The van der Waals surface area contributed by atoms with Crippen LogP contribution in [0.25, 0.3) is 0 Å². The van der Waals surface area contributed by atoms with Gasteiger partial charge in [-0.2, -0.15) is 0 Å². The molecule has 2 aromatic carbocycles. The highest BCUT2D eigenvalue weighted by Crippen LogP contribution is 2.23. The van der Waals surface area contributed by atoms with Gasteiger partial charge in [-0.1, -0.05) is 30.3 Å². The third-order valence-corrected chi connectivity index (χ3v) is 6.79. The Balaban J connectivity index is 1.82. The number of amides is 2. The van der Waals surface area contributed by atoms with Gasteiger partial charge in [0.1, 0.15) is 30.0 Å². The summed E-state index contributed by atoms with van der Waals surface area (Å²) in [5.74, 6) is -0.0670. The number of aromatic nitrogens is 2. The maximum atomic E-state index is 13.7. The topological polar surface area (TPSA) is 147 Å². The van der Waals surface area contributed by atoms with Crippen molar-refractivity contribution >= 4 is 23.9 Å². The number of benzene rings is 2. The quantitative estimate of drug-likeness (QED) is 0.250. The van der Waals surface area contributed by atoms with E-state index in [1.807, 2.05) is 56.3 Å². The summed E-state index contributed by atoms with van der Waals surface area (Å²) in [6.45, 7) is 9.60. The standard InChI is InChI=1S/C32H43N5O6/c1-21-17-24(41-6)18-22(2)25(21)19-27(29(39)42-20-23-11-8-7-9-12-23)35-28(38)26(36-31(40)43-32(3,4)5)13-10-15-37-16-14-34-30(37)33/h7-9,11-12,14,16-18,26-27H,10,13,15,19-20H2,1-6H3,(H2,33,34)(H,35,38)(H,36,40)/t26-,27+/m1/s1. The molecule has 11 nitrogen and oxygen atoms in total. The van der Waals surface area contributed by atoms with E-state index in [1.54, 1.807) is 44.8 Å². The molecule has 4 N–H and O–H groups in total. The van der Waals surface area contributed by atoms with Crippen molar-refractivity contribution in [2.75, 3.05) is 12.8 Å². The predicted octanol–water partition coefficient (Wildman–Crippen LogP) is 4.24. The van der Waals surface area contributed by atoms with Crippen LogP contribution < -0.4 is 21.1 Å². The first kappa shape index (κ1) is 33.0. The molecule has 2 atom stereocenters. The number of methoxy groups -OCH3 is 1. The van der Waals surface area contributed by atoms with Crippen LogP contribution >= 0.6 is 0 Å². The van der Waals surface area contributed by atoms with E-state index in [0.717, 1.165) is 22.3 Å². The maximum absolute atomic E-state index is 13.7. The molecular formula is C32H43N5O6. The zero-order chi connectivity index (χ0) is 31.6. The van der Waals surface area contributed by atoms with Gasteiger partial charge in [-0.05, 0) is 81.8 Å². The number of hydrogen-bond acceptors (Lipinski definition) is 8. The lowest BCUT2D eigenvalue weighted by Gasteiger charge is -2.26. The number of nitrogens with zero attached hydrogens (tertiary/aromatic N) is 2. The summed E-state index contributed by atoms with van der Waals surface area (Å²) < 4.78 is 18.2. The van der Waals surface area contributed by atoms with E-state index in [4.69, 9.17) is 19.9 Å². The first-order valence-corrected chi connectivity index (χ1v) is 14.3. The first-order valence-electron chi connectivity index (χ1n) is 14.3. The highest BCUT2D eigenvalue weighted by molar-refractivity contribution is 5.90. The van der Waals surface area contributed by atoms with Crippen LogP contribution in [-0.4, -0.2) is 52.3 Å². The second kappa shape index (κ2) is 15.1. The Kier molecular flexibility index (Phi) is 11.6. The van der Waals surface area contributed by atoms with Gasteiger partial charge in [0.05, 0.1) is 7.11 Å². The number of ether oxygens (including phenoxy) is 3. The second-order valence-corrected chi connectivity index (χ2v) is 11.4. The molecule has 11 heteroatoms. The molecule has 1 heterocycles. The van der Waals surface area contributed by atoms with Crippen molar-refractivity contribution in [1.29, 1.82) is 0 Å². The van der Waals surface area contributed by atoms with E-state index in [0.29, 0.717) is 24.7 Å². The van der Waals surface area contributed by atoms with Gasteiger partial charge in [0.25, 0.3) is 0 Å². The number of carbonyl (C=O) groups is 3. The van der Waals surface area contributed by atoms with Gasteiger partial charge < -0.3 is 35.1 Å². The fourth-order valence-corrected chi connectivity index (χ4v) is 4.61. The SMILES string of the molecule is COc1cc(C)c(C[C@H](NC(=O)[C@@H](CCCn2ccnc2N)NC(=O)OC(C)(C)C)C(=O)OCc2ccccc2)c(C)c1. The molecule has 0 bridgehead atoms. The Bertz CT molecular complexity index is 1360. The van der Waals surface area contributed by atoms with Crippen molar-refractivity contribution < 1.29 is 28.6 Å². The fourth-order valence-electron chi connectivity index (χ4n) is 4.61. The molecule has 3 aromatic rings. The zero-order valence-electron chi connectivity index (χ0n) is 25.8. The van der Waals surface area contributed by atoms with Gasteiger partial charge in [-0.3, -0.25) is 4.79 Å². The van der Waals surface area contributed by atoms with E-state index < -0.39 is 35.7 Å². The fraction of sp³-hybridized carbons (Fsp3) is 0.438. The number of aryl methyl sites for hydroxylation is 3. The number of esters is 1. The molecule has 0 saturated heterocycles. The molecule has 2 amide bonds. The monoisotopic (exact) mass is 593 g/mol. The molecule has 232 valence electrons. The van der Waals surface area contributed by atoms with Crippen LogP contribution in [0.15, 0.2) is 54.9 Å². The molecule has 0 radical (unpaired) electrons. The molecular weight excluding hydrogens is 550 g/mol. The van der Waals surface area contributed by atoms with Crippen molar-refractivity contribution in [3.05, 3.63) is 77.1 Å². The smallest absolute Gasteiger partial charge is 0.408 e. The van der Waals surface area contributed by atoms with Gasteiger partial charge in [-0.15, -0.1) is 0 Å². The molecule has 43 heavy (non-hydrogen) atoms. The molecule has 0 saturated carbocycles. The number of nitrogens with one attached hydrogen (secondary N) is 2. The highest BCUT2D eigenvalue weighted by atomic mass is 16.6. The van der Waals surface area contributed by atoms with Crippen molar-refractivity contribution in [3.8, 4) is 5.75 Å². The van der Waals surface area contributed by atoms with Crippen LogP contribution in [0.3, 0.4) is 0 Å². The van der Waals surface area contributed by atoms with Crippen LogP contribution in [-0.2, 0) is 38.6 Å². The van der Waals surface area contributed by atoms with Crippen molar-refractivity contribution in [3.63, 3.8) is 0 Å². The van der Waals surface area contributed by atoms with Crippen LogP contribution in [0.1, 0.15) is 55.9 Å². The number of nitrogens with two attached hydrogens (primary N) is 1. The Morgan fingerprint density at radius 2 is 1.70 bits per heavy atom. The average Bonchev–Trinajstić information content (AvgIpc) is 3.35. The van der Waals surface area contributed by atoms with Gasteiger partial charge in [0.15, 0.2) is 5.95 Å². The van der Waals surface area contributed by atoms with E-state index in [2.05, 4.69) is 15.6 Å². The van der Waals surface area contributed by atoms with E-state index in [9.17, 15) is 14.4 Å². The Morgan fingerprint density at radius 3 is 2.28 bits per heavy atom. The van der Waals surface area contributed by atoms with Gasteiger partial charge in [-0.25, -0.2) is 14.6 Å². The summed E-state index contributed by atoms with van der Waals surface area (Å²) in [4.78, 5) is 43.8. The maximum Gasteiger partial charge on any atom is 0.408 e. The van der Waals surface area contributed by atoms with E-state index in [-0.39, 0.29) is 19.4 Å². The van der Waals surface area contributed by atoms with Gasteiger partial charge in [0, 0.05) is 25.4 Å². The summed E-state index contributed by atoms with van der Waals surface area (Å²) in [5.41, 5.74) is 8.64. The second-order valence-electron chi connectivity index (χ2n) is 11.4. The largest absolute Gasteiger partial charge is 0.497 e. The summed E-state index contributed by atoms with van der Waals surface area (Å²) >= 11 is 0. The highest BCUT2D eigenvalue weighted by Gasteiger charge is 2.30. The van der Waals surface area contributed by atoms with Gasteiger partial charge >= 0.3 is 12.1 Å². The molecule has 0 unspecified atom stereocenters. The Hall–Kier alpha value is -4.54. The molecule has 1 aromatic heterocycles. The van der Waals surface area contributed by atoms with E-state index in [1.165, 1.54) is 0 Å². The number of nitrogen functional groups attached to an aromatic ring is 1. The minimum atomic E-state index is -1.02. The molecule has 0 aliphatic heterocycles. The number of imidazole rings is 1. The van der Waals surface area contributed by atoms with Crippen LogP contribution in [0.4, 0.5) is 10.7 Å². The number of carbonyl (C=O) groups excluding carboxylic acids is 3. The van der Waals surface area contributed by atoms with E-state index >= 15 is 0 Å². The number of hydrogen-bond donors (Lipinski definition) is 3. The zero-order valence-corrected chi connectivity index (χ0v) is 25.8. The summed E-state index contributed by atoms with van der Waals surface area (Å²) in [5, 5.41) is 5.52. The minimum Gasteiger partial charge on any atom is -0.497 e.